The molecule has 20 heavy (non-hydrogen) atoms. The average molecular weight is 266 g/mol. The highest BCUT2D eigenvalue weighted by atomic mass is 16.6. The van der Waals surface area contributed by atoms with E-state index in [2.05, 4.69) is 16.9 Å². The summed E-state index contributed by atoms with van der Waals surface area (Å²) in [6.07, 6.45) is 10.2. The van der Waals surface area contributed by atoms with E-state index in [4.69, 9.17) is 17.6 Å². The van der Waals surface area contributed by atoms with Crippen LogP contribution in [0.3, 0.4) is 0 Å². The SMILES string of the molecule is C#Cc1ccc2c(c1)c(C#C)nn2C(=O)OC(C)(C)C. The molecule has 0 amide bonds. The molecule has 2 aromatic rings. The van der Waals surface area contributed by atoms with E-state index >= 15 is 0 Å². The van der Waals surface area contributed by atoms with Crippen LogP contribution in [-0.2, 0) is 4.74 Å². The maximum absolute atomic E-state index is 12.1. The van der Waals surface area contributed by atoms with E-state index in [0.29, 0.717) is 22.2 Å². The number of carbonyl (C=O) groups excluding carboxylic acids is 1. The molecule has 0 bridgehead atoms. The molecule has 0 aliphatic carbocycles. The van der Waals surface area contributed by atoms with E-state index in [-0.39, 0.29) is 0 Å². The Bertz CT molecular complexity index is 765. The highest BCUT2D eigenvalue weighted by Crippen LogP contribution is 2.21. The smallest absolute Gasteiger partial charge is 0.435 e. The zero-order valence-electron chi connectivity index (χ0n) is 11.6. The van der Waals surface area contributed by atoms with Crippen molar-refractivity contribution in [3.8, 4) is 24.7 Å². The normalized spacial score (nSPS) is 10.8. The molecular weight excluding hydrogens is 252 g/mol. The molecule has 0 aliphatic rings. The predicted octanol–water partition coefficient (Wildman–Crippen LogP) is 2.78. The van der Waals surface area contributed by atoms with E-state index in [1.165, 1.54) is 0 Å². The number of carbonyl (C=O) groups is 1. The van der Waals surface area contributed by atoms with Crippen molar-refractivity contribution in [1.29, 1.82) is 0 Å². The monoisotopic (exact) mass is 266 g/mol. The number of terminal acetylenes is 2. The third-order valence-corrected chi connectivity index (χ3v) is 2.55. The van der Waals surface area contributed by atoms with Gasteiger partial charge in [-0.05, 0) is 44.9 Å². The van der Waals surface area contributed by atoms with Crippen LogP contribution >= 0.6 is 0 Å². The molecule has 4 heteroatoms. The quantitative estimate of drug-likeness (QED) is 0.689. The van der Waals surface area contributed by atoms with Gasteiger partial charge < -0.3 is 4.74 Å². The number of hydrogen-bond donors (Lipinski definition) is 0. The van der Waals surface area contributed by atoms with Gasteiger partial charge in [0.1, 0.15) is 11.3 Å². The molecular formula is C16H14N2O2. The number of nitrogens with zero attached hydrogens (tertiary/aromatic N) is 2. The van der Waals surface area contributed by atoms with Crippen molar-refractivity contribution in [1.82, 2.24) is 9.78 Å². The maximum atomic E-state index is 12.1. The fraction of sp³-hybridized carbons (Fsp3) is 0.250. The van der Waals surface area contributed by atoms with Gasteiger partial charge in [-0.3, -0.25) is 0 Å². The van der Waals surface area contributed by atoms with Crippen molar-refractivity contribution in [2.45, 2.75) is 26.4 Å². The summed E-state index contributed by atoms with van der Waals surface area (Å²) >= 11 is 0. The van der Waals surface area contributed by atoms with E-state index in [1.54, 1.807) is 39.0 Å². The molecule has 1 aromatic carbocycles. The Morgan fingerprint density at radius 3 is 2.55 bits per heavy atom. The minimum absolute atomic E-state index is 0.364. The van der Waals surface area contributed by atoms with Gasteiger partial charge >= 0.3 is 6.09 Å². The number of rotatable bonds is 0. The first-order valence-electron chi connectivity index (χ1n) is 6.05. The third kappa shape index (κ3) is 2.50. The highest BCUT2D eigenvalue weighted by molar-refractivity contribution is 5.92. The topological polar surface area (TPSA) is 44.1 Å². The van der Waals surface area contributed by atoms with Gasteiger partial charge in [0.15, 0.2) is 0 Å². The van der Waals surface area contributed by atoms with Crippen LogP contribution in [0.4, 0.5) is 4.79 Å². The molecule has 0 spiro atoms. The van der Waals surface area contributed by atoms with Gasteiger partial charge in [0, 0.05) is 10.9 Å². The number of fused-ring (bicyclic) bond motifs is 1. The first-order valence-corrected chi connectivity index (χ1v) is 6.05. The van der Waals surface area contributed by atoms with Gasteiger partial charge in [-0.2, -0.15) is 9.78 Å². The van der Waals surface area contributed by atoms with Crippen molar-refractivity contribution in [3.63, 3.8) is 0 Å². The molecule has 0 aliphatic heterocycles. The van der Waals surface area contributed by atoms with Crippen LogP contribution in [0.5, 0.6) is 0 Å². The van der Waals surface area contributed by atoms with E-state index in [0.717, 1.165) is 4.68 Å². The lowest BCUT2D eigenvalue weighted by Gasteiger charge is -2.19. The van der Waals surface area contributed by atoms with Crippen LogP contribution < -0.4 is 0 Å². The summed E-state index contributed by atoms with van der Waals surface area (Å²) in [6.45, 7) is 5.36. The highest BCUT2D eigenvalue weighted by Gasteiger charge is 2.21. The molecule has 0 N–H and O–H groups in total. The zero-order valence-corrected chi connectivity index (χ0v) is 11.6. The van der Waals surface area contributed by atoms with Gasteiger partial charge in [0.2, 0.25) is 0 Å². The standard InChI is InChI=1S/C16H14N2O2/c1-6-11-8-9-14-12(10-11)13(7-2)17-18(14)15(19)20-16(3,4)5/h1-2,8-10H,3-5H3. The number of benzene rings is 1. The second kappa shape index (κ2) is 4.75. The summed E-state index contributed by atoms with van der Waals surface area (Å²) in [5.74, 6) is 4.98. The number of hydrogen-bond acceptors (Lipinski definition) is 3. The molecule has 1 aromatic heterocycles. The van der Waals surface area contributed by atoms with Crippen molar-refractivity contribution in [2.24, 2.45) is 0 Å². The van der Waals surface area contributed by atoms with Crippen LogP contribution in [0.25, 0.3) is 10.9 Å². The summed E-state index contributed by atoms with van der Waals surface area (Å²) in [5, 5.41) is 4.77. The van der Waals surface area contributed by atoms with Crippen molar-refractivity contribution in [3.05, 3.63) is 29.5 Å². The lowest BCUT2D eigenvalue weighted by molar-refractivity contribution is 0.0522. The minimum Gasteiger partial charge on any atom is -0.442 e. The first-order chi connectivity index (χ1) is 9.35. The minimum atomic E-state index is -0.607. The van der Waals surface area contributed by atoms with Gasteiger partial charge in [0.25, 0.3) is 0 Å². The molecule has 0 fully saturated rings. The molecule has 0 saturated heterocycles. The van der Waals surface area contributed by atoms with Crippen LogP contribution in [0.15, 0.2) is 18.2 Å². The van der Waals surface area contributed by atoms with E-state index in [9.17, 15) is 4.79 Å². The molecule has 0 saturated carbocycles. The molecule has 0 unspecified atom stereocenters. The zero-order chi connectivity index (χ0) is 14.9. The first kappa shape index (κ1) is 13.7. The Labute approximate surface area is 117 Å². The van der Waals surface area contributed by atoms with Crippen molar-refractivity contribution < 1.29 is 9.53 Å². The fourth-order valence-corrected chi connectivity index (χ4v) is 1.76. The molecule has 0 radical (unpaired) electrons. The Balaban J connectivity index is 2.59. The van der Waals surface area contributed by atoms with Crippen molar-refractivity contribution in [2.75, 3.05) is 0 Å². The van der Waals surface area contributed by atoms with Gasteiger partial charge in [-0.15, -0.1) is 12.8 Å². The maximum Gasteiger partial charge on any atom is 0.435 e. The van der Waals surface area contributed by atoms with Gasteiger partial charge in [-0.25, -0.2) is 4.79 Å². The summed E-state index contributed by atoms with van der Waals surface area (Å²) in [7, 11) is 0. The predicted molar refractivity (Wildman–Crippen MR) is 77.2 cm³/mol. The molecule has 2 rings (SSSR count). The Morgan fingerprint density at radius 1 is 1.30 bits per heavy atom. The van der Waals surface area contributed by atoms with Crippen LogP contribution in [0, 0.1) is 24.7 Å². The Kier molecular flexibility index (Phi) is 3.26. The molecule has 1 heterocycles. The van der Waals surface area contributed by atoms with Crippen LogP contribution in [0.1, 0.15) is 32.0 Å². The Hall–Kier alpha value is -2.72. The van der Waals surface area contributed by atoms with E-state index in [1.807, 2.05) is 0 Å². The molecule has 4 nitrogen and oxygen atoms in total. The number of aromatic nitrogens is 2. The molecule has 0 atom stereocenters. The summed E-state index contributed by atoms with van der Waals surface area (Å²) in [6, 6.07) is 5.17. The average Bonchev–Trinajstić information content (AvgIpc) is 2.74. The van der Waals surface area contributed by atoms with Crippen LogP contribution in [0.2, 0.25) is 0 Å². The van der Waals surface area contributed by atoms with Crippen molar-refractivity contribution >= 4 is 17.0 Å². The van der Waals surface area contributed by atoms with Crippen LogP contribution in [-0.4, -0.2) is 21.5 Å². The number of ether oxygens (including phenoxy) is 1. The fourth-order valence-electron chi connectivity index (χ4n) is 1.76. The largest absolute Gasteiger partial charge is 0.442 e. The Morgan fingerprint density at radius 2 is 2.00 bits per heavy atom. The molecule has 100 valence electrons. The summed E-state index contributed by atoms with van der Waals surface area (Å²) < 4.78 is 6.46. The summed E-state index contributed by atoms with van der Waals surface area (Å²) in [4.78, 5) is 12.1. The second-order valence-corrected chi connectivity index (χ2v) is 5.26. The lowest BCUT2D eigenvalue weighted by atomic mass is 10.1. The summed E-state index contributed by atoms with van der Waals surface area (Å²) in [5.41, 5.74) is 1.01. The van der Waals surface area contributed by atoms with E-state index < -0.39 is 11.7 Å². The second-order valence-electron chi connectivity index (χ2n) is 5.26. The lowest BCUT2D eigenvalue weighted by Crippen LogP contribution is -2.27. The van der Waals surface area contributed by atoms with Gasteiger partial charge in [-0.1, -0.05) is 5.92 Å². The van der Waals surface area contributed by atoms with Gasteiger partial charge in [0.05, 0.1) is 5.52 Å². The third-order valence-electron chi connectivity index (χ3n) is 2.55.